The number of anilines is 1. The number of ether oxygens (including phenoxy) is 1. The van der Waals surface area contributed by atoms with Crippen LogP contribution in [0.4, 0.5) is 5.69 Å². The highest BCUT2D eigenvalue weighted by molar-refractivity contribution is 5.87. The monoisotopic (exact) mass is 464 g/mol. The van der Waals surface area contributed by atoms with Crippen LogP contribution in [0.3, 0.4) is 0 Å². The summed E-state index contributed by atoms with van der Waals surface area (Å²) in [7, 11) is 1.67. The van der Waals surface area contributed by atoms with E-state index in [4.69, 9.17) is 4.74 Å². The molecule has 2 heterocycles. The number of rotatable bonds is 6. The lowest BCUT2D eigenvalue weighted by Gasteiger charge is -2.40. The standard InChI is InChI=1S/C27H36N4O3/c1-27(2,22-7-5-4-6-8-22)26(33)31-15-13-28(14-16-31)21-25(32)30-19-17-29(18-20-30)23-9-11-24(34-3)12-10-23/h4-12H,13-21H2,1-3H3. The van der Waals surface area contributed by atoms with Gasteiger partial charge in [-0.1, -0.05) is 30.3 Å². The Bertz CT molecular complexity index is 961. The first kappa shape index (κ1) is 24.1. The summed E-state index contributed by atoms with van der Waals surface area (Å²) in [5, 5.41) is 0. The van der Waals surface area contributed by atoms with Crippen LogP contribution >= 0.6 is 0 Å². The highest BCUT2D eigenvalue weighted by atomic mass is 16.5. The maximum atomic E-state index is 13.2. The molecule has 2 amide bonds. The second-order valence-corrected chi connectivity index (χ2v) is 9.63. The van der Waals surface area contributed by atoms with E-state index in [-0.39, 0.29) is 11.8 Å². The third kappa shape index (κ3) is 5.36. The molecule has 2 aliphatic rings. The molecular weight excluding hydrogens is 428 g/mol. The summed E-state index contributed by atoms with van der Waals surface area (Å²) in [5.41, 5.74) is 1.64. The van der Waals surface area contributed by atoms with Crippen molar-refractivity contribution in [2.24, 2.45) is 0 Å². The SMILES string of the molecule is COc1ccc(N2CCN(C(=O)CN3CCN(C(=O)C(C)(C)c4ccccc4)CC3)CC2)cc1. The van der Waals surface area contributed by atoms with Crippen LogP contribution in [0.5, 0.6) is 5.75 Å². The van der Waals surface area contributed by atoms with E-state index < -0.39 is 5.41 Å². The van der Waals surface area contributed by atoms with E-state index in [9.17, 15) is 9.59 Å². The fraction of sp³-hybridized carbons (Fsp3) is 0.481. The summed E-state index contributed by atoms with van der Waals surface area (Å²) < 4.78 is 5.24. The van der Waals surface area contributed by atoms with E-state index in [1.165, 1.54) is 0 Å². The summed E-state index contributed by atoms with van der Waals surface area (Å²) in [5.74, 6) is 1.18. The fourth-order valence-corrected chi connectivity index (χ4v) is 4.78. The molecular formula is C27H36N4O3. The molecule has 0 spiro atoms. The van der Waals surface area contributed by atoms with Crippen LogP contribution in [0.25, 0.3) is 0 Å². The minimum Gasteiger partial charge on any atom is -0.497 e. The first-order chi connectivity index (χ1) is 16.4. The molecule has 0 radical (unpaired) electrons. The van der Waals surface area contributed by atoms with Crippen molar-refractivity contribution in [1.82, 2.24) is 14.7 Å². The van der Waals surface area contributed by atoms with Gasteiger partial charge in [-0.25, -0.2) is 0 Å². The lowest BCUT2D eigenvalue weighted by atomic mass is 9.83. The van der Waals surface area contributed by atoms with Crippen molar-refractivity contribution in [2.45, 2.75) is 19.3 Å². The van der Waals surface area contributed by atoms with Gasteiger partial charge in [0.15, 0.2) is 0 Å². The molecule has 0 aromatic heterocycles. The first-order valence-corrected chi connectivity index (χ1v) is 12.1. The van der Waals surface area contributed by atoms with Gasteiger partial charge < -0.3 is 19.4 Å². The second-order valence-electron chi connectivity index (χ2n) is 9.63. The number of nitrogens with zero attached hydrogens (tertiary/aromatic N) is 4. The van der Waals surface area contributed by atoms with Gasteiger partial charge in [-0.05, 0) is 43.7 Å². The Labute approximate surface area is 202 Å². The maximum absolute atomic E-state index is 13.2. The predicted molar refractivity (Wildman–Crippen MR) is 134 cm³/mol. The molecule has 2 saturated heterocycles. The summed E-state index contributed by atoms with van der Waals surface area (Å²) in [6, 6.07) is 18.0. The molecule has 4 rings (SSSR count). The average Bonchev–Trinajstić information content (AvgIpc) is 2.89. The zero-order chi connectivity index (χ0) is 24.1. The lowest BCUT2D eigenvalue weighted by molar-refractivity contribution is -0.139. The minimum atomic E-state index is -0.553. The van der Waals surface area contributed by atoms with Gasteiger partial charge >= 0.3 is 0 Å². The van der Waals surface area contributed by atoms with Crippen molar-refractivity contribution < 1.29 is 14.3 Å². The molecule has 0 unspecified atom stereocenters. The van der Waals surface area contributed by atoms with Gasteiger partial charge in [0.1, 0.15) is 5.75 Å². The molecule has 0 atom stereocenters. The van der Waals surface area contributed by atoms with Gasteiger partial charge in [0, 0.05) is 58.0 Å². The third-order valence-electron chi connectivity index (χ3n) is 7.12. The largest absolute Gasteiger partial charge is 0.497 e. The zero-order valence-corrected chi connectivity index (χ0v) is 20.6. The number of carbonyl (C=O) groups is 2. The van der Waals surface area contributed by atoms with Crippen LogP contribution in [0.1, 0.15) is 19.4 Å². The van der Waals surface area contributed by atoms with Gasteiger partial charge in [-0.15, -0.1) is 0 Å². The Morgan fingerprint density at radius 3 is 1.97 bits per heavy atom. The molecule has 182 valence electrons. The quantitative estimate of drug-likeness (QED) is 0.658. The lowest BCUT2D eigenvalue weighted by Crippen LogP contribution is -2.56. The van der Waals surface area contributed by atoms with E-state index in [0.717, 1.165) is 56.3 Å². The first-order valence-electron chi connectivity index (χ1n) is 12.1. The van der Waals surface area contributed by atoms with Crippen molar-refractivity contribution in [3.8, 4) is 5.75 Å². The number of methoxy groups -OCH3 is 1. The van der Waals surface area contributed by atoms with Gasteiger partial charge in [0.05, 0.1) is 19.1 Å². The Morgan fingerprint density at radius 1 is 0.794 bits per heavy atom. The highest BCUT2D eigenvalue weighted by Gasteiger charge is 2.35. The number of amides is 2. The summed E-state index contributed by atoms with van der Waals surface area (Å²) in [4.78, 5) is 34.5. The van der Waals surface area contributed by atoms with E-state index in [2.05, 4.69) is 21.9 Å². The van der Waals surface area contributed by atoms with Crippen molar-refractivity contribution in [2.75, 3.05) is 70.9 Å². The average molecular weight is 465 g/mol. The van der Waals surface area contributed by atoms with Gasteiger partial charge in [-0.2, -0.15) is 0 Å². The Balaban J connectivity index is 1.23. The molecule has 2 aromatic carbocycles. The van der Waals surface area contributed by atoms with Crippen LogP contribution in [0, 0.1) is 0 Å². The van der Waals surface area contributed by atoms with E-state index in [0.29, 0.717) is 19.6 Å². The topological polar surface area (TPSA) is 56.3 Å². The van der Waals surface area contributed by atoms with Gasteiger partial charge in [0.2, 0.25) is 11.8 Å². The fourth-order valence-electron chi connectivity index (χ4n) is 4.78. The summed E-state index contributed by atoms with van der Waals surface area (Å²) in [6.45, 7) is 10.3. The number of piperazine rings is 2. The molecule has 0 saturated carbocycles. The van der Waals surface area contributed by atoms with Crippen molar-refractivity contribution in [3.05, 3.63) is 60.2 Å². The normalized spacial score (nSPS) is 17.6. The smallest absolute Gasteiger partial charge is 0.236 e. The minimum absolute atomic E-state index is 0.152. The summed E-state index contributed by atoms with van der Waals surface area (Å²) in [6.07, 6.45) is 0. The molecule has 2 aliphatic heterocycles. The Kier molecular flexibility index (Phi) is 7.41. The molecule has 0 aliphatic carbocycles. The molecule has 0 N–H and O–H groups in total. The molecule has 0 bridgehead atoms. The van der Waals surface area contributed by atoms with Gasteiger partial charge in [-0.3, -0.25) is 14.5 Å². The van der Waals surface area contributed by atoms with Crippen LogP contribution in [0.2, 0.25) is 0 Å². The molecule has 7 nitrogen and oxygen atoms in total. The van der Waals surface area contributed by atoms with Crippen molar-refractivity contribution >= 4 is 17.5 Å². The van der Waals surface area contributed by atoms with E-state index in [1.54, 1.807) is 7.11 Å². The van der Waals surface area contributed by atoms with Crippen LogP contribution in [-0.2, 0) is 15.0 Å². The number of benzene rings is 2. The highest BCUT2D eigenvalue weighted by Crippen LogP contribution is 2.26. The third-order valence-corrected chi connectivity index (χ3v) is 7.12. The maximum Gasteiger partial charge on any atom is 0.236 e. The van der Waals surface area contributed by atoms with Crippen molar-refractivity contribution in [3.63, 3.8) is 0 Å². The van der Waals surface area contributed by atoms with Crippen LogP contribution < -0.4 is 9.64 Å². The van der Waals surface area contributed by atoms with E-state index in [1.807, 2.05) is 66.1 Å². The Hall–Kier alpha value is -3.06. The number of hydrogen-bond donors (Lipinski definition) is 0. The zero-order valence-electron chi connectivity index (χ0n) is 20.6. The molecule has 2 aromatic rings. The van der Waals surface area contributed by atoms with Crippen molar-refractivity contribution in [1.29, 1.82) is 0 Å². The van der Waals surface area contributed by atoms with Gasteiger partial charge in [0.25, 0.3) is 0 Å². The molecule has 7 heteroatoms. The second kappa shape index (κ2) is 10.5. The van der Waals surface area contributed by atoms with E-state index >= 15 is 0 Å². The number of carbonyl (C=O) groups excluding carboxylic acids is 2. The number of hydrogen-bond acceptors (Lipinski definition) is 5. The molecule has 34 heavy (non-hydrogen) atoms. The molecule has 2 fully saturated rings. The van der Waals surface area contributed by atoms with Crippen LogP contribution in [0.15, 0.2) is 54.6 Å². The Morgan fingerprint density at radius 2 is 1.38 bits per heavy atom. The van der Waals surface area contributed by atoms with Crippen LogP contribution in [-0.4, -0.2) is 92.5 Å². The summed E-state index contributed by atoms with van der Waals surface area (Å²) >= 11 is 0. The predicted octanol–water partition coefficient (Wildman–Crippen LogP) is 2.47.